The van der Waals surface area contributed by atoms with Gasteiger partial charge in [0.15, 0.2) is 0 Å². The molecule has 0 saturated heterocycles. The maximum Gasteiger partial charge on any atom is 0.270 e. The van der Waals surface area contributed by atoms with E-state index < -0.39 is 23.9 Å². The molecule has 1 aromatic carbocycles. The highest BCUT2D eigenvalue weighted by Gasteiger charge is 2.27. The van der Waals surface area contributed by atoms with E-state index in [1.54, 1.807) is 13.2 Å². The Bertz CT molecular complexity index is 541. The number of rotatable bonds is 6. The molecular formula is C17H21F3O2. The molecule has 1 aliphatic rings. The number of hydrogen-bond donors (Lipinski definition) is 0. The second kappa shape index (κ2) is 7.56. The molecular weight excluding hydrogens is 293 g/mol. The Labute approximate surface area is 128 Å². The van der Waals surface area contributed by atoms with Crippen molar-refractivity contribution < 1.29 is 22.6 Å². The van der Waals surface area contributed by atoms with Crippen molar-refractivity contribution in [1.29, 1.82) is 0 Å². The number of halogens is 3. The molecule has 0 amide bonds. The summed E-state index contributed by atoms with van der Waals surface area (Å²) in [6.07, 6.45) is 1.57. The first-order chi connectivity index (χ1) is 10.6. The summed E-state index contributed by atoms with van der Waals surface area (Å²) in [4.78, 5) is 0. The van der Waals surface area contributed by atoms with Crippen molar-refractivity contribution in [2.45, 2.75) is 52.1 Å². The van der Waals surface area contributed by atoms with E-state index in [1.165, 1.54) is 17.7 Å². The molecule has 1 heterocycles. The molecule has 0 N–H and O–H groups in total. The second-order valence-corrected chi connectivity index (χ2v) is 5.30. The van der Waals surface area contributed by atoms with Crippen LogP contribution in [0.1, 0.15) is 63.2 Å². The van der Waals surface area contributed by atoms with Gasteiger partial charge in [-0.3, -0.25) is 0 Å². The zero-order valence-electron chi connectivity index (χ0n) is 12.9. The largest absolute Gasteiger partial charge is 0.493 e. The molecule has 1 aromatic rings. The van der Waals surface area contributed by atoms with Crippen LogP contribution in [-0.4, -0.2) is 6.61 Å². The van der Waals surface area contributed by atoms with Gasteiger partial charge in [0.1, 0.15) is 17.7 Å². The van der Waals surface area contributed by atoms with Crippen LogP contribution in [0.15, 0.2) is 24.0 Å². The minimum absolute atomic E-state index is 0.100. The van der Waals surface area contributed by atoms with E-state index in [0.717, 1.165) is 19.3 Å². The second-order valence-electron chi connectivity index (χ2n) is 5.30. The van der Waals surface area contributed by atoms with E-state index in [4.69, 9.17) is 9.47 Å². The van der Waals surface area contributed by atoms with E-state index in [0.29, 0.717) is 6.42 Å². The van der Waals surface area contributed by atoms with Crippen LogP contribution >= 0.6 is 0 Å². The third-order valence-corrected chi connectivity index (χ3v) is 3.73. The number of ether oxygens (including phenoxy) is 2. The lowest BCUT2D eigenvalue weighted by molar-refractivity contribution is 0.111. The molecule has 0 aromatic heterocycles. The van der Waals surface area contributed by atoms with Gasteiger partial charge in [-0.25, -0.2) is 13.2 Å². The molecule has 0 saturated carbocycles. The summed E-state index contributed by atoms with van der Waals surface area (Å²) in [5.74, 6) is -1.02. The number of hydrogen-bond acceptors (Lipinski definition) is 2. The molecule has 2 rings (SSSR count). The molecule has 0 spiro atoms. The maximum atomic E-state index is 14.5. The normalized spacial score (nSPS) is 18.1. The standard InChI is InChI=1S/C17H21F3O2/c1-3-5-11-6-8-13(22-10-11)12-7-9-14(21-4-2)15(16(12)18)17(19)20/h7,9-10,13,17H,3-6,8H2,1-2H3. The van der Waals surface area contributed by atoms with Gasteiger partial charge in [0, 0.05) is 5.56 Å². The zero-order valence-corrected chi connectivity index (χ0v) is 12.9. The Kier molecular flexibility index (Phi) is 5.75. The van der Waals surface area contributed by atoms with Gasteiger partial charge < -0.3 is 9.47 Å². The number of alkyl halides is 2. The van der Waals surface area contributed by atoms with Crippen molar-refractivity contribution in [1.82, 2.24) is 0 Å². The average molecular weight is 314 g/mol. The minimum Gasteiger partial charge on any atom is -0.493 e. The van der Waals surface area contributed by atoms with Gasteiger partial charge >= 0.3 is 0 Å². The van der Waals surface area contributed by atoms with Crippen LogP contribution in [0, 0.1) is 5.82 Å². The highest BCUT2D eigenvalue weighted by Crippen LogP contribution is 2.39. The van der Waals surface area contributed by atoms with E-state index in [-0.39, 0.29) is 17.9 Å². The topological polar surface area (TPSA) is 18.5 Å². The fourth-order valence-corrected chi connectivity index (χ4v) is 2.68. The molecule has 0 fully saturated rings. The zero-order chi connectivity index (χ0) is 16.1. The molecule has 0 radical (unpaired) electrons. The molecule has 2 nitrogen and oxygen atoms in total. The van der Waals surface area contributed by atoms with Crippen molar-refractivity contribution in [2.24, 2.45) is 0 Å². The summed E-state index contributed by atoms with van der Waals surface area (Å²) in [5, 5.41) is 0. The fourth-order valence-electron chi connectivity index (χ4n) is 2.68. The Morgan fingerprint density at radius 3 is 2.64 bits per heavy atom. The third kappa shape index (κ3) is 3.57. The van der Waals surface area contributed by atoms with Crippen molar-refractivity contribution in [3.63, 3.8) is 0 Å². The van der Waals surface area contributed by atoms with Crippen LogP contribution in [0.4, 0.5) is 13.2 Å². The van der Waals surface area contributed by atoms with Gasteiger partial charge in [0.25, 0.3) is 6.43 Å². The summed E-state index contributed by atoms with van der Waals surface area (Å²) in [5.41, 5.74) is 0.677. The van der Waals surface area contributed by atoms with E-state index in [1.807, 2.05) is 0 Å². The lowest BCUT2D eigenvalue weighted by Gasteiger charge is -2.25. The lowest BCUT2D eigenvalue weighted by Crippen LogP contribution is -2.11. The first kappa shape index (κ1) is 16.7. The first-order valence-electron chi connectivity index (χ1n) is 7.65. The maximum absolute atomic E-state index is 14.5. The van der Waals surface area contributed by atoms with Gasteiger partial charge in [-0.2, -0.15) is 0 Å². The average Bonchev–Trinajstić information content (AvgIpc) is 2.49. The first-order valence-corrected chi connectivity index (χ1v) is 7.65. The summed E-state index contributed by atoms with van der Waals surface area (Å²) in [6, 6.07) is 2.88. The fraction of sp³-hybridized carbons (Fsp3) is 0.529. The summed E-state index contributed by atoms with van der Waals surface area (Å²) in [7, 11) is 0. The van der Waals surface area contributed by atoms with Gasteiger partial charge in [0.05, 0.1) is 18.4 Å². The molecule has 0 aliphatic carbocycles. The van der Waals surface area contributed by atoms with Crippen molar-refractivity contribution >= 4 is 0 Å². The number of benzene rings is 1. The molecule has 1 atom stereocenters. The highest BCUT2D eigenvalue weighted by atomic mass is 19.3. The van der Waals surface area contributed by atoms with Gasteiger partial charge in [-0.1, -0.05) is 13.3 Å². The highest BCUT2D eigenvalue weighted by molar-refractivity contribution is 5.41. The molecule has 5 heteroatoms. The van der Waals surface area contributed by atoms with Gasteiger partial charge in [0.2, 0.25) is 0 Å². The van der Waals surface area contributed by atoms with Crippen LogP contribution in [0.2, 0.25) is 0 Å². The van der Waals surface area contributed by atoms with E-state index >= 15 is 0 Å². The molecule has 1 unspecified atom stereocenters. The van der Waals surface area contributed by atoms with Crippen LogP contribution < -0.4 is 4.74 Å². The molecule has 1 aliphatic heterocycles. The van der Waals surface area contributed by atoms with Crippen LogP contribution in [0.3, 0.4) is 0 Å². The Morgan fingerprint density at radius 2 is 2.09 bits per heavy atom. The van der Waals surface area contributed by atoms with Gasteiger partial charge in [-0.05, 0) is 43.9 Å². The Hall–Kier alpha value is -1.65. The van der Waals surface area contributed by atoms with Crippen LogP contribution in [0.5, 0.6) is 5.75 Å². The lowest BCUT2D eigenvalue weighted by atomic mass is 9.95. The minimum atomic E-state index is -2.92. The summed E-state index contributed by atoms with van der Waals surface area (Å²) in [6.45, 7) is 3.96. The van der Waals surface area contributed by atoms with E-state index in [2.05, 4.69) is 6.92 Å². The smallest absolute Gasteiger partial charge is 0.270 e. The quantitative estimate of drug-likeness (QED) is 0.671. The number of allylic oxidation sites excluding steroid dienone is 1. The summed E-state index contributed by atoms with van der Waals surface area (Å²) >= 11 is 0. The van der Waals surface area contributed by atoms with E-state index in [9.17, 15) is 13.2 Å². The SMILES string of the molecule is CCCC1=COC(c2ccc(OCC)c(C(F)F)c2F)CC1. The molecule has 0 bridgehead atoms. The molecule has 22 heavy (non-hydrogen) atoms. The predicted molar refractivity (Wildman–Crippen MR) is 78.6 cm³/mol. The monoisotopic (exact) mass is 314 g/mol. The van der Waals surface area contributed by atoms with Crippen molar-refractivity contribution in [3.05, 3.63) is 40.9 Å². The molecule has 122 valence electrons. The third-order valence-electron chi connectivity index (χ3n) is 3.73. The van der Waals surface area contributed by atoms with Crippen LogP contribution in [0.25, 0.3) is 0 Å². The Morgan fingerprint density at radius 1 is 1.32 bits per heavy atom. The van der Waals surface area contributed by atoms with Crippen molar-refractivity contribution in [2.75, 3.05) is 6.61 Å². The van der Waals surface area contributed by atoms with Crippen LogP contribution in [-0.2, 0) is 4.74 Å². The predicted octanol–water partition coefficient (Wildman–Crippen LogP) is 5.70. The van der Waals surface area contributed by atoms with Crippen molar-refractivity contribution in [3.8, 4) is 5.75 Å². The Balaban J connectivity index is 2.27. The summed E-state index contributed by atoms with van der Waals surface area (Å²) < 4.78 is 51.4. The van der Waals surface area contributed by atoms with Gasteiger partial charge in [-0.15, -0.1) is 0 Å².